The number of aryl methyl sites for hydroxylation is 2. The number of carbonyl (C=O) groups excluding carboxylic acids is 1. The lowest BCUT2D eigenvalue weighted by molar-refractivity contribution is -0.112. The van der Waals surface area contributed by atoms with Gasteiger partial charge in [-0.05, 0) is 37.6 Å². The highest BCUT2D eigenvalue weighted by Gasteiger charge is 2.18. The number of sulfone groups is 1. The summed E-state index contributed by atoms with van der Waals surface area (Å²) in [4.78, 5) is 16.5. The summed E-state index contributed by atoms with van der Waals surface area (Å²) in [6.07, 6.45) is 5.15. The molecule has 4 rings (SSSR count). The van der Waals surface area contributed by atoms with Gasteiger partial charge in [0.25, 0.3) is 11.1 Å². The number of rotatable bonds is 9. The molecule has 9 nitrogen and oxygen atoms in total. The van der Waals surface area contributed by atoms with Gasteiger partial charge in [-0.15, -0.1) is 0 Å². The van der Waals surface area contributed by atoms with Crippen LogP contribution in [0, 0.1) is 18.3 Å². The Morgan fingerprint density at radius 1 is 1.22 bits per heavy atom. The first-order chi connectivity index (χ1) is 17.2. The molecule has 0 atom stereocenters. The normalized spacial score (nSPS) is 11.9. The molecule has 0 aliphatic rings. The number of anilines is 1. The summed E-state index contributed by atoms with van der Waals surface area (Å²) in [5, 5.41) is 12.6. The lowest BCUT2D eigenvalue weighted by Gasteiger charge is -2.08. The Hall–Kier alpha value is -4.01. The van der Waals surface area contributed by atoms with Crippen molar-refractivity contribution in [3.8, 4) is 11.8 Å². The predicted octanol–water partition coefficient (Wildman–Crippen LogP) is 4.22. The number of hydrogen-bond donors (Lipinski definition) is 1. The maximum Gasteiger partial charge on any atom is 0.268 e. The topological polar surface area (TPSA) is 127 Å². The van der Waals surface area contributed by atoms with Gasteiger partial charge in [-0.2, -0.15) is 14.6 Å². The van der Waals surface area contributed by atoms with Crippen LogP contribution in [0.3, 0.4) is 0 Å². The van der Waals surface area contributed by atoms with E-state index in [9.17, 15) is 18.5 Å². The SMILES string of the molecule is Cc1ccc(OCCCn2cc(/C=C(/C#N)C(=O)Nc3nc(S(C)(=O)=O)ns3)c3ccccc32)cc1. The molecule has 1 N–H and O–H groups in total. The van der Waals surface area contributed by atoms with Crippen molar-refractivity contribution in [1.82, 2.24) is 13.9 Å². The molecule has 184 valence electrons. The van der Waals surface area contributed by atoms with E-state index >= 15 is 0 Å². The Labute approximate surface area is 212 Å². The van der Waals surface area contributed by atoms with Crippen molar-refractivity contribution in [2.45, 2.75) is 25.0 Å². The summed E-state index contributed by atoms with van der Waals surface area (Å²) >= 11 is 0.731. The van der Waals surface area contributed by atoms with Crippen molar-refractivity contribution in [2.24, 2.45) is 0 Å². The molecular weight excluding hydrogens is 498 g/mol. The van der Waals surface area contributed by atoms with E-state index in [0.29, 0.717) is 18.7 Å². The third kappa shape index (κ3) is 5.97. The molecule has 0 saturated heterocycles. The van der Waals surface area contributed by atoms with Gasteiger partial charge >= 0.3 is 0 Å². The van der Waals surface area contributed by atoms with E-state index < -0.39 is 15.7 Å². The number of ether oxygens (including phenoxy) is 1. The molecule has 0 fully saturated rings. The smallest absolute Gasteiger partial charge is 0.268 e. The summed E-state index contributed by atoms with van der Waals surface area (Å²) in [6, 6.07) is 17.6. The van der Waals surface area contributed by atoms with Crippen LogP contribution in [0.5, 0.6) is 5.75 Å². The lowest BCUT2D eigenvalue weighted by Crippen LogP contribution is -2.13. The van der Waals surface area contributed by atoms with E-state index in [0.717, 1.165) is 40.9 Å². The number of para-hydroxylation sites is 1. The summed E-state index contributed by atoms with van der Waals surface area (Å²) in [5.74, 6) is 0.127. The van der Waals surface area contributed by atoms with Crippen LogP contribution in [0.2, 0.25) is 0 Å². The van der Waals surface area contributed by atoms with Gasteiger partial charge in [-0.25, -0.2) is 8.42 Å². The molecule has 2 heterocycles. The lowest BCUT2D eigenvalue weighted by atomic mass is 10.1. The first-order valence-electron chi connectivity index (χ1n) is 11.0. The fourth-order valence-corrected chi connectivity index (χ4v) is 4.95. The highest BCUT2D eigenvalue weighted by Crippen LogP contribution is 2.25. The van der Waals surface area contributed by atoms with Crippen LogP contribution in [0.4, 0.5) is 5.13 Å². The van der Waals surface area contributed by atoms with Gasteiger partial charge < -0.3 is 9.30 Å². The zero-order chi connectivity index (χ0) is 25.7. The standard InChI is InChI=1S/C25H23N5O4S2/c1-17-8-10-20(11-9-17)34-13-5-12-30-16-19(21-6-3-4-7-22(21)30)14-18(15-26)23(31)27-24-28-25(29-35-24)36(2,32)33/h3-4,6-11,14,16H,5,12-13H2,1-2H3,(H,27,28,29,31)/b18-14-. The number of nitrogens with zero attached hydrogens (tertiary/aromatic N) is 4. The molecule has 36 heavy (non-hydrogen) atoms. The van der Waals surface area contributed by atoms with Gasteiger partial charge in [-0.3, -0.25) is 10.1 Å². The van der Waals surface area contributed by atoms with Gasteiger partial charge in [0.2, 0.25) is 15.0 Å². The molecule has 0 unspecified atom stereocenters. The molecule has 1 amide bonds. The minimum Gasteiger partial charge on any atom is -0.494 e. The van der Waals surface area contributed by atoms with Crippen LogP contribution >= 0.6 is 11.5 Å². The second-order valence-electron chi connectivity index (χ2n) is 8.09. The van der Waals surface area contributed by atoms with E-state index in [1.165, 1.54) is 11.6 Å². The van der Waals surface area contributed by atoms with Crippen molar-refractivity contribution in [3.05, 3.63) is 71.4 Å². The van der Waals surface area contributed by atoms with Gasteiger partial charge in [-0.1, -0.05) is 35.9 Å². The minimum absolute atomic E-state index is 0.00224. The van der Waals surface area contributed by atoms with Crippen LogP contribution in [-0.4, -0.2) is 41.1 Å². The summed E-state index contributed by atoms with van der Waals surface area (Å²) in [5.41, 5.74) is 2.72. The molecule has 0 aliphatic carbocycles. The van der Waals surface area contributed by atoms with Crippen LogP contribution in [0.25, 0.3) is 17.0 Å². The molecule has 2 aromatic carbocycles. The molecule has 4 aromatic rings. The van der Waals surface area contributed by atoms with Gasteiger partial charge in [0.15, 0.2) is 0 Å². The van der Waals surface area contributed by atoms with Crippen molar-refractivity contribution < 1.29 is 17.9 Å². The van der Waals surface area contributed by atoms with E-state index in [1.54, 1.807) is 0 Å². The Balaban J connectivity index is 1.49. The predicted molar refractivity (Wildman–Crippen MR) is 138 cm³/mol. The molecule has 0 saturated carbocycles. The van der Waals surface area contributed by atoms with Crippen molar-refractivity contribution >= 4 is 49.4 Å². The van der Waals surface area contributed by atoms with Gasteiger partial charge in [0.05, 0.1) is 6.61 Å². The van der Waals surface area contributed by atoms with Gasteiger partial charge in [0.1, 0.15) is 17.4 Å². The first-order valence-corrected chi connectivity index (χ1v) is 13.7. The Kier molecular flexibility index (Phi) is 7.47. The van der Waals surface area contributed by atoms with Crippen LogP contribution < -0.4 is 10.1 Å². The number of fused-ring (bicyclic) bond motifs is 1. The summed E-state index contributed by atoms with van der Waals surface area (Å²) in [6.45, 7) is 3.26. The molecule has 0 radical (unpaired) electrons. The first kappa shape index (κ1) is 25.1. The quantitative estimate of drug-likeness (QED) is 0.198. The third-order valence-electron chi connectivity index (χ3n) is 5.28. The second-order valence-corrected chi connectivity index (χ2v) is 10.7. The van der Waals surface area contributed by atoms with E-state index in [1.807, 2.05) is 67.7 Å². The fraction of sp³-hybridized carbons (Fsp3) is 0.200. The third-order valence-corrected chi connectivity index (χ3v) is 6.87. The Morgan fingerprint density at radius 2 is 1.97 bits per heavy atom. The number of hydrogen-bond acceptors (Lipinski definition) is 8. The van der Waals surface area contributed by atoms with Crippen LogP contribution in [0.15, 0.2) is 65.5 Å². The number of benzene rings is 2. The van der Waals surface area contributed by atoms with Gasteiger partial charge in [0, 0.05) is 47.0 Å². The Morgan fingerprint density at radius 3 is 2.67 bits per heavy atom. The summed E-state index contributed by atoms with van der Waals surface area (Å²) in [7, 11) is -3.60. The molecule has 0 aliphatic heterocycles. The minimum atomic E-state index is -3.60. The van der Waals surface area contributed by atoms with Crippen molar-refractivity contribution in [3.63, 3.8) is 0 Å². The van der Waals surface area contributed by atoms with Crippen molar-refractivity contribution in [2.75, 3.05) is 18.2 Å². The summed E-state index contributed by atoms with van der Waals surface area (Å²) < 4.78 is 34.7. The largest absolute Gasteiger partial charge is 0.494 e. The fourth-order valence-electron chi connectivity index (χ4n) is 3.51. The molecule has 11 heteroatoms. The highest BCUT2D eigenvalue weighted by atomic mass is 32.2. The Bertz CT molecular complexity index is 1580. The molecule has 2 aromatic heterocycles. The molecule has 0 bridgehead atoms. The molecule has 0 spiro atoms. The monoisotopic (exact) mass is 521 g/mol. The number of carbonyl (C=O) groups is 1. The maximum atomic E-state index is 12.7. The molecular formula is C25H23N5O4S2. The average molecular weight is 522 g/mol. The van der Waals surface area contributed by atoms with E-state index in [2.05, 4.69) is 19.2 Å². The number of amides is 1. The van der Waals surface area contributed by atoms with E-state index in [-0.39, 0.29) is 15.9 Å². The second kappa shape index (κ2) is 10.7. The zero-order valence-electron chi connectivity index (χ0n) is 19.6. The average Bonchev–Trinajstić information content (AvgIpc) is 3.46. The van der Waals surface area contributed by atoms with Crippen LogP contribution in [-0.2, 0) is 21.2 Å². The highest BCUT2D eigenvalue weighted by molar-refractivity contribution is 7.90. The van der Waals surface area contributed by atoms with Crippen LogP contribution in [0.1, 0.15) is 17.5 Å². The number of nitriles is 1. The van der Waals surface area contributed by atoms with Crippen molar-refractivity contribution in [1.29, 1.82) is 5.26 Å². The number of aromatic nitrogens is 3. The van der Waals surface area contributed by atoms with E-state index in [4.69, 9.17) is 4.74 Å². The maximum absolute atomic E-state index is 12.7. The number of nitrogens with one attached hydrogen (secondary N) is 1. The zero-order valence-corrected chi connectivity index (χ0v) is 21.3.